The zero-order valence-corrected chi connectivity index (χ0v) is 11.4. The topological polar surface area (TPSA) is 50.4 Å². The summed E-state index contributed by atoms with van der Waals surface area (Å²) in [5.74, 6) is -0.250. The van der Waals surface area contributed by atoms with Crippen LogP contribution >= 0.6 is 0 Å². The molecule has 0 aromatic carbocycles. The third-order valence-electron chi connectivity index (χ3n) is 3.93. The molecule has 0 bridgehead atoms. The highest BCUT2D eigenvalue weighted by Gasteiger charge is 2.61. The molecule has 7 heteroatoms. The highest BCUT2D eigenvalue weighted by molar-refractivity contribution is 5.84. The van der Waals surface area contributed by atoms with E-state index in [1.165, 1.54) is 12.8 Å². The van der Waals surface area contributed by atoms with Gasteiger partial charge in [-0.1, -0.05) is 0 Å². The van der Waals surface area contributed by atoms with Gasteiger partial charge in [0, 0.05) is 26.3 Å². The molecule has 0 radical (unpaired) electrons. The maximum absolute atomic E-state index is 13.1. The molecule has 1 unspecified atom stereocenters. The highest BCUT2D eigenvalue weighted by Crippen LogP contribution is 2.43. The first-order valence-electron chi connectivity index (χ1n) is 7.09. The average Bonchev–Trinajstić information content (AvgIpc) is 3.05. The molecular weight excluding hydrogens is 273 g/mol. The molecule has 2 rings (SSSR count). The van der Waals surface area contributed by atoms with Gasteiger partial charge in [-0.2, -0.15) is 13.2 Å². The number of nitrogens with one attached hydrogen (secondary N) is 2. The molecule has 1 aliphatic carbocycles. The largest absolute Gasteiger partial charge is 0.404 e. The SMILES string of the molecule is O=C(NCCCOCC1CC1)C1(C(F)(F)F)CCNC1. The van der Waals surface area contributed by atoms with Crippen LogP contribution in [0.5, 0.6) is 0 Å². The molecule has 4 nitrogen and oxygen atoms in total. The Kier molecular flexibility index (Phi) is 4.90. The second-order valence-corrected chi connectivity index (χ2v) is 5.63. The van der Waals surface area contributed by atoms with Gasteiger partial charge in [0.1, 0.15) is 0 Å². The van der Waals surface area contributed by atoms with Crippen molar-refractivity contribution in [2.24, 2.45) is 11.3 Å². The third kappa shape index (κ3) is 3.63. The summed E-state index contributed by atoms with van der Waals surface area (Å²) < 4.78 is 44.6. The number of carbonyl (C=O) groups is 1. The number of hydrogen-bond donors (Lipinski definition) is 2. The van der Waals surface area contributed by atoms with Crippen LogP contribution in [0.4, 0.5) is 13.2 Å². The number of halogens is 3. The minimum absolute atomic E-state index is 0.194. The standard InChI is InChI=1S/C13H21F3N2O2/c14-13(15,16)12(4-6-17-9-12)11(19)18-5-1-7-20-8-10-2-3-10/h10,17H,1-9H2,(H,18,19). The molecule has 2 aliphatic rings. The number of alkyl halides is 3. The maximum Gasteiger partial charge on any atom is 0.404 e. The van der Waals surface area contributed by atoms with Crippen molar-refractivity contribution in [3.05, 3.63) is 0 Å². The quantitative estimate of drug-likeness (QED) is 0.699. The summed E-state index contributed by atoms with van der Waals surface area (Å²) in [4.78, 5) is 11.9. The van der Waals surface area contributed by atoms with E-state index in [2.05, 4.69) is 10.6 Å². The van der Waals surface area contributed by atoms with Gasteiger partial charge in [-0.15, -0.1) is 0 Å². The van der Waals surface area contributed by atoms with Gasteiger partial charge < -0.3 is 15.4 Å². The minimum atomic E-state index is -4.51. The van der Waals surface area contributed by atoms with Gasteiger partial charge in [0.2, 0.25) is 5.91 Å². The third-order valence-corrected chi connectivity index (χ3v) is 3.93. The lowest BCUT2D eigenvalue weighted by Gasteiger charge is -2.29. The normalized spacial score (nSPS) is 26.8. The second-order valence-electron chi connectivity index (χ2n) is 5.63. The fourth-order valence-electron chi connectivity index (χ4n) is 2.34. The molecule has 20 heavy (non-hydrogen) atoms. The van der Waals surface area contributed by atoms with Crippen LogP contribution in [0.25, 0.3) is 0 Å². The van der Waals surface area contributed by atoms with Gasteiger partial charge in [-0.3, -0.25) is 4.79 Å². The maximum atomic E-state index is 13.1. The highest BCUT2D eigenvalue weighted by atomic mass is 19.4. The summed E-state index contributed by atoms with van der Waals surface area (Å²) in [5.41, 5.74) is -2.26. The van der Waals surface area contributed by atoms with E-state index in [1.807, 2.05) is 0 Å². The molecule has 2 N–H and O–H groups in total. The summed E-state index contributed by atoms with van der Waals surface area (Å²) >= 11 is 0. The van der Waals surface area contributed by atoms with Crippen LogP contribution in [0.3, 0.4) is 0 Å². The summed E-state index contributed by atoms with van der Waals surface area (Å²) in [6.07, 6.45) is -1.75. The van der Waals surface area contributed by atoms with Gasteiger partial charge >= 0.3 is 6.18 Å². The van der Waals surface area contributed by atoms with Crippen molar-refractivity contribution >= 4 is 5.91 Å². The number of rotatable bonds is 7. The van der Waals surface area contributed by atoms with Crippen LogP contribution in [-0.2, 0) is 9.53 Å². The van der Waals surface area contributed by atoms with E-state index in [4.69, 9.17) is 4.74 Å². The van der Waals surface area contributed by atoms with Gasteiger partial charge in [-0.25, -0.2) is 0 Å². The average molecular weight is 294 g/mol. The first kappa shape index (κ1) is 15.6. The fourth-order valence-corrected chi connectivity index (χ4v) is 2.34. The fraction of sp³-hybridized carbons (Fsp3) is 0.923. The monoisotopic (exact) mass is 294 g/mol. The Morgan fingerprint density at radius 2 is 2.15 bits per heavy atom. The molecule has 1 atom stereocenters. The molecular formula is C13H21F3N2O2. The number of hydrogen-bond acceptors (Lipinski definition) is 3. The minimum Gasteiger partial charge on any atom is -0.381 e. The summed E-state index contributed by atoms with van der Waals surface area (Å²) in [6.45, 7) is 1.32. The van der Waals surface area contributed by atoms with E-state index in [1.54, 1.807) is 0 Å². The van der Waals surface area contributed by atoms with Gasteiger partial charge in [-0.05, 0) is 38.1 Å². The van der Waals surface area contributed by atoms with Crippen LogP contribution < -0.4 is 10.6 Å². The Morgan fingerprint density at radius 1 is 1.40 bits per heavy atom. The van der Waals surface area contributed by atoms with E-state index < -0.39 is 17.5 Å². The van der Waals surface area contributed by atoms with Crippen LogP contribution in [0, 0.1) is 11.3 Å². The van der Waals surface area contributed by atoms with E-state index in [-0.39, 0.29) is 26.1 Å². The summed E-state index contributed by atoms with van der Waals surface area (Å²) in [6, 6.07) is 0. The van der Waals surface area contributed by atoms with Gasteiger partial charge in [0.15, 0.2) is 5.41 Å². The molecule has 1 saturated carbocycles. The molecule has 0 aromatic heterocycles. The first-order valence-corrected chi connectivity index (χ1v) is 7.09. The molecule has 0 spiro atoms. The smallest absolute Gasteiger partial charge is 0.381 e. The Balaban J connectivity index is 1.69. The Bertz CT molecular complexity index is 337. The van der Waals surface area contributed by atoms with Crippen LogP contribution in [-0.4, -0.2) is 44.9 Å². The molecule has 2 fully saturated rings. The predicted octanol–water partition coefficient (Wildman–Crippen LogP) is 1.46. The zero-order valence-electron chi connectivity index (χ0n) is 11.4. The van der Waals surface area contributed by atoms with Crippen molar-refractivity contribution in [1.29, 1.82) is 0 Å². The molecule has 1 aliphatic heterocycles. The summed E-state index contributed by atoms with van der Waals surface area (Å²) in [5, 5.41) is 5.02. The van der Waals surface area contributed by atoms with Crippen LogP contribution in [0.2, 0.25) is 0 Å². The first-order chi connectivity index (χ1) is 9.46. The van der Waals surface area contributed by atoms with E-state index in [9.17, 15) is 18.0 Å². The summed E-state index contributed by atoms with van der Waals surface area (Å²) in [7, 11) is 0. The van der Waals surface area contributed by atoms with Crippen LogP contribution in [0.15, 0.2) is 0 Å². The van der Waals surface area contributed by atoms with Gasteiger partial charge in [0.25, 0.3) is 0 Å². The lowest BCUT2D eigenvalue weighted by Crippen LogP contribution is -2.52. The van der Waals surface area contributed by atoms with E-state index in [0.717, 1.165) is 6.61 Å². The predicted molar refractivity (Wildman–Crippen MR) is 67.1 cm³/mol. The van der Waals surface area contributed by atoms with Crippen molar-refractivity contribution in [3.63, 3.8) is 0 Å². The Morgan fingerprint density at radius 3 is 2.70 bits per heavy atom. The number of carbonyl (C=O) groups excluding carboxylic acids is 1. The van der Waals surface area contributed by atoms with Crippen molar-refractivity contribution in [3.8, 4) is 0 Å². The lowest BCUT2D eigenvalue weighted by molar-refractivity contribution is -0.216. The second kappa shape index (κ2) is 6.30. The van der Waals surface area contributed by atoms with Crippen molar-refractivity contribution < 1.29 is 22.7 Å². The molecule has 1 saturated heterocycles. The molecule has 1 heterocycles. The number of ether oxygens (including phenoxy) is 1. The van der Waals surface area contributed by atoms with Crippen molar-refractivity contribution in [1.82, 2.24) is 10.6 Å². The Hall–Kier alpha value is -0.820. The Labute approximate surface area is 116 Å². The van der Waals surface area contributed by atoms with Gasteiger partial charge in [0.05, 0.1) is 0 Å². The van der Waals surface area contributed by atoms with E-state index >= 15 is 0 Å². The van der Waals surface area contributed by atoms with Crippen LogP contribution in [0.1, 0.15) is 25.7 Å². The van der Waals surface area contributed by atoms with Crippen molar-refractivity contribution in [2.75, 3.05) is 32.8 Å². The van der Waals surface area contributed by atoms with Crippen molar-refractivity contribution in [2.45, 2.75) is 31.9 Å². The molecule has 0 aromatic rings. The zero-order chi connectivity index (χ0) is 14.6. The molecule has 116 valence electrons. The van der Waals surface area contributed by atoms with E-state index in [0.29, 0.717) is 18.9 Å². The molecule has 1 amide bonds. The lowest BCUT2D eigenvalue weighted by atomic mass is 9.85. The number of amides is 1.